The smallest absolute Gasteiger partial charge is 0.240 e. The van der Waals surface area contributed by atoms with Crippen LogP contribution in [0.25, 0.3) is 0 Å². The molecule has 1 aromatic heterocycles. The molecule has 0 aliphatic heterocycles. The van der Waals surface area contributed by atoms with E-state index >= 15 is 0 Å². The molecule has 1 aliphatic rings. The summed E-state index contributed by atoms with van der Waals surface area (Å²) in [5, 5.41) is 4.15. The molecule has 1 fully saturated rings. The second kappa shape index (κ2) is 5.70. The summed E-state index contributed by atoms with van der Waals surface area (Å²) in [6.45, 7) is 4.34. The topological polar surface area (TPSA) is 48.2 Å². The van der Waals surface area contributed by atoms with Crippen molar-refractivity contribution in [1.29, 1.82) is 0 Å². The van der Waals surface area contributed by atoms with Gasteiger partial charge in [0.15, 0.2) is 0 Å². The summed E-state index contributed by atoms with van der Waals surface area (Å²) < 4.78 is 11.1. The van der Waals surface area contributed by atoms with Crippen molar-refractivity contribution in [2.24, 2.45) is 5.92 Å². The first-order valence-corrected chi connectivity index (χ1v) is 7.56. The Balaban J connectivity index is 2.24. The number of methoxy groups -OCH3 is 1. The van der Waals surface area contributed by atoms with Gasteiger partial charge < -0.3 is 9.26 Å². The fourth-order valence-corrected chi connectivity index (χ4v) is 2.89. The molecule has 5 heteroatoms. The van der Waals surface area contributed by atoms with Crippen molar-refractivity contribution < 1.29 is 9.26 Å². The Labute approximate surface area is 117 Å². The zero-order chi connectivity index (χ0) is 13.2. The molecule has 4 nitrogen and oxygen atoms in total. The van der Waals surface area contributed by atoms with Crippen molar-refractivity contribution in [3.63, 3.8) is 0 Å². The van der Waals surface area contributed by atoms with E-state index in [2.05, 4.69) is 39.9 Å². The van der Waals surface area contributed by atoms with Gasteiger partial charge in [-0.3, -0.25) is 0 Å². The zero-order valence-electron chi connectivity index (χ0n) is 11.3. The molecule has 0 saturated heterocycles. The van der Waals surface area contributed by atoms with E-state index in [0.29, 0.717) is 17.6 Å². The fourth-order valence-electron chi connectivity index (χ4n) is 2.70. The van der Waals surface area contributed by atoms with Crippen molar-refractivity contribution in [2.45, 2.75) is 56.4 Å². The molecule has 3 atom stereocenters. The summed E-state index contributed by atoms with van der Waals surface area (Å²) in [4.78, 5) is 4.67. The van der Waals surface area contributed by atoms with Gasteiger partial charge in [0.2, 0.25) is 11.7 Å². The first-order valence-electron chi connectivity index (χ1n) is 6.64. The van der Waals surface area contributed by atoms with Gasteiger partial charge in [0.1, 0.15) is 5.60 Å². The minimum absolute atomic E-state index is 0.133. The van der Waals surface area contributed by atoms with Gasteiger partial charge in [-0.15, -0.1) is 0 Å². The molecule has 0 spiro atoms. The van der Waals surface area contributed by atoms with E-state index in [1.165, 1.54) is 6.42 Å². The molecular formula is C13H21BrN2O2. The lowest BCUT2D eigenvalue weighted by Crippen LogP contribution is -2.35. The van der Waals surface area contributed by atoms with Crippen molar-refractivity contribution in [1.82, 2.24) is 10.1 Å². The standard InChI is InChI=1S/C13H21BrN2O2/c1-4-10(14)11-15-12(16-18-11)13(17-3)7-5-6-9(2)8-13/h9-10H,4-8H2,1-3H3. The van der Waals surface area contributed by atoms with Crippen molar-refractivity contribution >= 4 is 15.9 Å². The van der Waals surface area contributed by atoms with Gasteiger partial charge in [-0.1, -0.05) is 41.4 Å². The van der Waals surface area contributed by atoms with Crippen LogP contribution in [-0.2, 0) is 10.3 Å². The molecular weight excluding hydrogens is 296 g/mol. The quantitative estimate of drug-likeness (QED) is 0.789. The maximum Gasteiger partial charge on any atom is 0.240 e. The molecule has 102 valence electrons. The predicted molar refractivity (Wildman–Crippen MR) is 72.6 cm³/mol. The van der Waals surface area contributed by atoms with Crippen LogP contribution < -0.4 is 0 Å². The first-order chi connectivity index (χ1) is 8.61. The summed E-state index contributed by atoms with van der Waals surface area (Å²) in [6.07, 6.45) is 5.29. The SMILES string of the molecule is CCC(Br)c1nc(C2(OC)CCCC(C)C2)no1. The number of aromatic nitrogens is 2. The van der Waals surface area contributed by atoms with Crippen LogP contribution in [0.3, 0.4) is 0 Å². The van der Waals surface area contributed by atoms with Crippen molar-refractivity contribution in [2.75, 3.05) is 7.11 Å². The van der Waals surface area contributed by atoms with Gasteiger partial charge in [-0.25, -0.2) is 0 Å². The maximum absolute atomic E-state index is 5.76. The third-order valence-electron chi connectivity index (χ3n) is 3.82. The highest BCUT2D eigenvalue weighted by Gasteiger charge is 2.41. The van der Waals surface area contributed by atoms with Crippen LogP contribution in [0.15, 0.2) is 4.52 Å². The average Bonchev–Trinajstić information content (AvgIpc) is 2.87. The van der Waals surface area contributed by atoms with Crippen LogP contribution in [0.5, 0.6) is 0 Å². The molecule has 3 unspecified atom stereocenters. The Kier molecular flexibility index (Phi) is 4.43. The molecule has 18 heavy (non-hydrogen) atoms. The van der Waals surface area contributed by atoms with Crippen LogP contribution in [0.2, 0.25) is 0 Å². The lowest BCUT2D eigenvalue weighted by Gasteiger charge is -2.36. The third kappa shape index (κ3) is 2.62. The summed E-state index contributed by atoms with van der Waals surface area (Å²) in [6, 6.07) is 0. The normalized spacial score (nSPS) is 30.3. The highest BCUT2D eigenvalue weighted by molar-refractivity contribution is 9.09. The molecule has 2 rings (SSSR count). The van der Waals surface area contributed by atoms with Crippen LogP contribution in [0.4, 0.5) is 0 Å². The number of nitrogens with zero attached hydrogens (tertiary/aromatic N) is 2. The highest BCUT2D eigenvalue weighted by atomic mass is 79.9. The number of halogens is 1. The van der Waals surface area contributed by atoms with E-state index in [1.807, 2.05) is 0 Å². The summed E-state index contributed by atoms with van der Waals surface area (Å²) in [5.41, 5.74) is -0.347. The van der Waals surface area contributed by atoms with E-state index in [4.69, 9.17) is 9.26 Å². The zero-order valence-corrected chi connectivity index (χ0v) is 12.9. The van der Waals surface area contributed by atoms with E-state index in [9.17, 15) is 0 Å². The van der Waals surface area contributed by atoms with Gasteiger partial charge >= 0.3 is 0 Å². The van der Waals surface area contributed by atoms with Crippen LogP contribution in [0.1, 0.15) is 62.5 Å². The van der Waals surface area contributed by atoms with Crippen molar-refractivity contribution in [3.05, 3.63) is 11.7 Å². The van der Waals surface area contributed by atoms with E-state index in [0.717, 1.165) is 25.7 Å². The van der Waals surface area contributed by atoms with Crippen LogP contribution in [-0.4, -0.2) is 17.3 Å². The molecule has 0 N–H and O–H groups in total. The Morgan fingerprint density at radius 2 is 2.39 bits per heavy atom. The minimum atomic E-state index is -0.347. The average molecular weight is 317 g/mol. The van der Waals surface area contributed by atoms with E-state index in [-0.39, 0.29) is 10.4 Å². The maximum atomic E-state index is 5.76. The summed E-state index contributed by atoms with van der Waals surface area (Å²) in [7, 11) is 1.75. The summed E-state index contributed by atoms with van der Waals surface area (Å²) in [5.74, 6) is 2.01. The molecule has 1 aromatic rings. The van der Waals surface area contributed by atoms with Gasteiger partial charge in [0.05, 0.1) is 4.83 Å². The fraction of sp³-hybridized carbons (Fsp3) is 0.846. The molecule has 1 heterocycles. The molecule has 0 amide bonds. The Morgan fingerprint density at radius 3 is 3.00 bits per heavy atom. The highest BCUT2D eigenvalue weighted by Crippen LogP contribution is 2.41. The molecule has 0 bridgehead atoms. The van der Waals surface area contributed by atoms with Gasteiger partial charge in [-0.2, -0.15) is 4.98 Å². The second-order valence-corrected chi connectivity index (χ2v) is 6.34. The molecule has 1 saturated carbocycles. The van der Waals surface area contributed by atoms with Crippen molar-refractivity contribution in [3.8, 4) is 0 Å². The monoisotopic (exact) mass is 316 g/mol. The van der Waals surface area contributed by atoms with Gasteiger partial charge in [-0.05, 0) is 31.6 Å². The summed E-state index contributed by atoms with van der Waals surface area (Å²) >= 11 is 3.54. The van der Waals surface area contributed by atoms with Crippen LogP contribution in [0, 0.1) is 5.92 Å². The lowest BCUT2D eigenvalue weighted by atomic mass is 9.78. The molecule has 0 radical (unpaired) electrons. The Hall–Kier alpha value is -0.420. The molecule has 0 aromatic carbocycles. The van der Waals surface area contributed by atoms with E-state index in [1.54, 1.807) is 7.11 Å². The Morgan fingerprint density at radius 1 is 1.61 bits per heavy atom. The predicted octanol–water partition coefficient (Wildman–Crippen LogP) is 3.97. The number of hydrogen-bond donors (Lipinski definition) is 0. The number of ether oxygens (including phenoxy) is 1. The lowest BCUT2D eigenvalue weighted by molar-refractivity contribution is -0.0658. The van der Waals surface area contributed by atoms with Crippen LogP contribution >= 0.6 is 15.9 Å². The van der Waals surface area contributed by atoms with E-state index < -0.39 is 0 Å². The Bertz CT molecular complexity index is 396. The van der Waals surface area contributed by atoms with Gasteiger partial charge in [0.25, 0.3) is 0 Å². The molecule has 1 aliphatic carbocycles. The third-order valence-corrected chi connectivity index (χ3v) is 4.86. The second-order valence-electron chi connectivity index (χ2n) is 5.23. The largest absolute Gasteiger partial charge is 0.370 e. The van der Waals surface area contributed by atoms with Gasteiger partial charge in [0, 0.05) is 7.11 Å². The number of hydrogen-bond acceptors (Lipinski definition) is 4. The minimum Gasteiger partial charge on any atom is -0.370 e. The number of alkyl halides is 1. The number of rotatable bonds is 4. The first kappa shape index (κ1) is 14.0.